The number of methoxy groups -OCH3 is 2. The van der Waals surface area contributed by atoms with Crippen LogP contribution in [-0.2, 0) is 35.0 Å². The first kappa shape index (κ1) is 45.0. The molecule has 2 saturated heterocycles. The second-order valence-corrected chi connectivity index (χ2v) is 17.5. The average Bonchev–Trinajstić information content (AvgIpc) is 3.81. The Hall–Kier alpha value is -2.67. The molecular weight excluding hydrogens is 787 g/mol. The number of nitrogens with one attached hydrogen (secondary N) is 1. The summed E-state index contributed by atoms with van der Waals surface area (Å²) in [4.78, 5) is 43.0. The van der Waals surface area contributed by atoms with E-state index in [0.29, 0.717) is 17.9 Å². The van der Waals surface area contributed by atoms with Crippen LogP contribution in [0, 0.1) is 5.92 Å². The molecule has 3 heterocycles. The molecule has 2 N–H and O–H groups in total. The number of rotatable bonds is 10. The molecule has 0 spiro atoms. The van der Waals surface area contributed by atoms with Crippen LogP contribution in [0.2, 0.25) is 5.02 Å². The summed E-state index contributed by atoms with van der Waals surface area (Å²) in [6.45, 7) is 6.56. The number of alkyl carbamates (subject to hydrolysis) is 1. The molecular formula is C37H51ClF3N3O9S2. The number of anilines is 1. The summed E-state index contributed by atoms with van der Waals surface area (Å²) in [6.07, 6.45) is -3.01. The fraction of sp³-hybridized carbons (Fsp3) is 0.649. The Morgan fingerprint density at radius 2 is 1.96 bits per heavy atom. The highest BCUT2D eigenvalue weighted by Gasteiger charge is 2.64. The van der Waals surface area contributed by atoms with E-state index in [1.165, 1.54) is 61.7 Å². The number of fused-ring (bicyclic) bond motifs is 5. The van der Waals surface area contributed by atoms with Gasteiger partial charge in [0.2, 0.25) is 5.91 Å². The lowest BCUT2D eigenvalue weighted by molar-refractivity contribution is -0.191. The van der Waals surface area contributed by atoms with E-state index < -0.39 is 84.3 Å². The number of alkyl halides is 3. The van der Waals surface area contributed by atoms with Crippen molar-refractivity contribution in [1.29, 1.82) is 0 Å². The van der Waals surface area contributed by atoms with Gasteiger partial charge in [0.05, 0.1) is 25.3 Å². The van der Waals surface area contributed by atoms with Gasteiger partial charge in [0, 0.05) is 32.2 Å². The van der Waals surface area contributed by atoms with Crippen LogP contribution in [0.1, 0.15) is 52.5 Å². The van der Waals surface area contributed by atoms with Crippen molar-refractivity contribution in [2.75, 3.05) is 45.2 Å². The van der Waals surface area contributed by atoms with Crippen LogP contribution in [0.3, 0.4) is 0 Å². The maximum atomic E-state index is 14.2. The first-order chi connectivity index (χ1) is 25.7. The van der Waals surface area contributed by atoms with Crippen molar-refractivity contribution in [3.8, 4) is 5.75 Å². The van der Waals surface area contributed by atoms with Crippen LogP contribution in [0.4, 0.5) is 23.7 Å². The average molecular weight is 838 g/mol. The lowest BCUT2D eigenvalue weighted by Crippen LogP contribution is -2.63. The first-order valence-corrected chi connectivity index (χ1v) is 20.8. The zero-order valence-corrected chi connectivity index (χ0v) is 34.8. The van der Waals surface area contributed by atoms with Gasteiger partial charge in [-0.15, -0.1) is 0 Å². The van der Waals surface area contributed by atoms with Crippen LogP contribution >= 0.6 is 33.2 Å². The number of hydrogen-bond acceptors (Lipinski definition) is 12. The van der Waals surface area contributed by atoms with E-state index in [9.17, 15) is 32.7 Å². The van der Waals surface area contributed by atoms with E-state index in [1.54, 1.807) is 44.4 Å². The number of ether oxygens (including phenoxy) is 5. The molecule has 3 aliphatic heterocycles. The van der Waals surface area contributed by atoms with Crippen molar-refractivity contribution in [2.45, 2.75) is 107 Å². The van der Waals surface area contributed by atoms with Gasteiger partial charge in [-0.2, -0.15) is 13.2 Å². The predicted octanol–water partition coefficient (Wildman–Crippen LogP) is 6.32. The lowest BCUT2D eigenvalue weighted by Gasteiger charge is -2.42. The lowest BCUT2D eigenvalue weighted by atomic mass is 9.83. The van der Waals surface area contributed by atoms with Crippen molar-refractivity contribution in [2.24, 2.45) is 5.92 Å². The van der Waals surface area contributed by atoms with Crippen LogP contribution < -0.4 is 15.0 Å². The third-order valence-electron chi connectivity index (χ3n) is 10.6. The highest BCUT2D eigenvalue weighted by molar-refractivity contribution is 8.76. The van der Waals surface area contributed by atoms with E-state index in [-0.39, 0.29) is 23.6 Å². The van der Waals surface area contributed by atoms with Gasteiger partial charge in [-0.25, -0.2) is 4.79 Å². The van der Waals surface area contributed by atoms with Crippen molar-refractivity contribution in [1.82, 2.24) is 10.2 Å². The van der Waals surface area contributed by atoms with Gasteiger partial charge < -0.3 is 33.7 Å². The van der Waals surface area contributed by atoms with Crippen molar-refractivity contribution >= 4 is 56.8 Å². The van der Waals surface area contributed by atoms with E-state index >= 15 is 0 Å². The summed E-state index contributed by atoms with van der Waals surface area (Å²) < 4.78 is 71.6. The molecule has 12 nitrogen and oxygen atoms in total. The number of hydrogen-bond donors (Lipinski definition) is 2. The Morgan fingerprint density at radius 3 is 2.58 bits per heavy atom. The minimum Gasteiger partial charge on any atom is -0.495 e. The molecule has 1 aromatic carbocycles. The number of carbonyl (C=O) groups is 3. The quantitative estimate of drug-likeness (QED) is 0.118. The molecule has 0 saturated carbocycles. The van der Waals surface area contributed by atoms with E-state index in [2.05, 4.69) is 5.32 Å². The highest BCUT2D eigenvalue weighted by Crippen LogP contribution is 2.49. The molecule has 18 heteroatoms. The molecule has 9 atom stereocenters. The molecule has 3 aliphatic rings. The van der Waals surface area contributed by atoms with Gasteiger partial charge in [0.25, 0.3) is 0 Å². The van der Waals surface area contributed by atoms with Gasteiger partial charge in [-0.05, 0) is 64.6 Å². The third kappa shape index (κ3) is 10.4. The Bertz CT molecular complexity index is 1640. The predicted molar refractivity (Wildman–Crippen MR) is 206 cm³/mol. The first-order valence-electron chi connectivity index (χ1n) is 17.7. The number of benzene rings is 1. The smallest absolute Gasteiger partial charge is 0.409 e. The van der Waals surface area contributed by atoms with E-state index in [1.807, 2.05) is 13.0 Å². The SMILES string of the molecule is COc1cc2cc(c1Cl)N(C)C(=O)C[C@H](OC(=O)[C@H](C)N(C)C(CCSSC)C(F)(F)F)[C@]1(C)O[C@H]1[C@H](C)[C@@H]1C[C@@](O)(NC(=O)O1)[C@H](OC)/C=C/C=C(\C)C2. The Labute approximate surface area is 333 Å². The second-order valence-electron chi connectivity index (χ2n) is 14.4. The minimum atomic E-state index is -4.62. The number of likely N-dealkylation sites (N-methyl/N-ethyl adjacent to an activating group) is 1. The summed E-state index contributed by atoms with van der Waals surface area (Å²) in [5, 5.41) is 14.4. The number of epoxide rings is 1. The Morgan fingerprint density at radius 1 is 1.27 bits per heavy atom. The van der Waals surface area contributed by atoms with E-state index in [4.69, 9.17) is 35.3 Å². The largest absolute Gasteiger partial charge is 0.495 e. The Balaban J connectivity index is 1.76. The fourth-order valence-corrected chi connectivity index (χ4v) is 8.71. The zero-order valence-electron chi connectivity index (χ0n) is 32.4. The molecule has 0 radical (unpaired) electrons. The fourth-order valence-electron chi connectivity index (χ4n) is 7.12. The molecule has 2 amide bonds. The number of halogens is 4. The van der Waals surface area contributed by atoms with Gasteiger partial charge in [0.1, 0.15) is 46.8 Å². The number of allylic oxidation sites excluding steroid dienone is 3. The summed E-state index contributed by atoms with van der Waals surface area (Å²) in [5.41, 5.74) is -1.29. The van der Waals surface area contributed by atoms with Gasteiger partial charge >= 0.3 is 18.2 Å². The second kappa shape index (κ2) is 18.3. The molecule has 1 unspecified atom stereocenters. The van der Waals surface area contributed by atoms with Gasteiger partial charge in [-0.1, -0.05) is 63.9 Å². The molecule has 1 aromatic rings. The molecule has 308 valence electrons. The minimum absolute atomic E-state index is 0.118. The topological polar surface area (TPSA) is 139 Å². The van der Waals surface area contributed by atoms with Gasteiger partial charge in [-0.3, -0.25) is 19.8 Å². The molecule has 4 rings (SSSR count). The number of carbonyl (C=O) groups excluding carboxylic acids is 3. The summed E-state index contributed by atoms with van der Waals surface area (Å²) in [7, 11) is 8.20. The van der Waals surface area contributed by atoms with Crippen molar-refractivity contribution in [3.05, 3.63) is 46.5 Å². The standard InChI is InChI=1S/C37H51ClF3N3O9S2/c1-20-11-10-12-28(50-8)36(48)19-26(51-34(47)42-36)21(2)32-35(4,53-32)29(18-30(45)44(6)24-16-23(15-20)17-25(49-7)31(24)38)52-33(46)22(3)43(5)27(37(39,40)41)13-14-55-54-9/h10-12,16-17,21-22,26-29,32,48H,13-15,18-19H2,1-9H3,(H,42,47)/b12-10+,20-11+/t21-,22+,26+,27?,28-,29+,32+,35+,36+/m1/s1. The number of aliphatic hydroxyl groups is 1. The number of esters is 1. The monoisotopic (exact) mass is 837 g/mol. The normalized spacial score (nSPS) is 31.7. The summed E-state index contributed by atoms with van der Waals surface area (Å²) in [6, 6.07) is 0.187. The summed E-state index contributed by atoms with van der Waals surface area (Å²) in [5.74, 6) is -1.63. The summed E-state index contributed by atoms with van der Waals surface area (Å²) >= 11 is 6.73. The number of amides is 2. The molecule has 55 heavy (non-hydrogen) atoms. The van der Waals surface area contributed by atoms with E-state index in [0.717, 1.165) is 16.0 Å². The molecule has 0 aromatic heterocycles. The van der Waals surface area contributed by atoms with Crippen LogP contribution in [0.5, 0.6) is 5.75 Å². The zero-order chi connectivity index (χ0) is 41.0. The van der Waals surface area contributed by atoms with Crippen LogP contribution in [0.25, 0.3) is 0 Å². The van der Waals surface area contributed by atoms with Crippen LogP contribution in [-0.4, -0.2) is 122 Å². The third-order valence-corrected chi connectivity index (χ3v) is 12.8. The van der Waals surface area contributed by atoms with Crippen LogP contribution in [0.15, 0.2) is 35.9 Å². The molecule has 2 fully saturated rings. The van der Waals surface area contributed by atoms with Crippen molar-refractivity contribution in [3.63, 3.8) is 0 Å². The highest BCUT2D eigenvalue weighted by atomic mass is 35.5. The molecule has 0 aliphatic carbocycles. The Kier molecular flexibility index (Phi) is 15.0. The molecule has 4 bridgehead atoms. The maximum Gasteiger partial charge on any atom is 0.409 e. The maximum absolute atomic E-state index is 14.2. The number of nitrogens with zero attached hydrogens (tertiary/aromatic N) is 2. The van der Waals surface area contributed by atoms with Crippen molar-refractivity contribution < 1.29 is 56.3 Å². The van der Waals surface area contributed by atoms with Gasteiger partial charge in [0.15, 0.2) is 5.72 Å².